The first-order valence-corrected chi connectivity index (χ1v) is 6.06. The smallest absolute Gasteiger partial charge is 0.416 e. The molecule has 0 aliphatic rings. The van der Waals surface area contributed by atoms with Crippen LogP contribution in [0, 0.1) is 6.92 Å². The van der Waals surface area contributed by atoms with Gasteiger partial charge in [0.2, 0.25) is 0 Å². The van der Waals surface area contributed by atoms with Crippen LogP contribution >= 0.6 is 0 Å². The fourth-order valence-corrected chi connectivity index (χ4v) is 1.83. The third-order valence-electron chi connectivity index (χ3n) is 2.93. The SMILES string of the molecule is Cc1ccc(O)c(CNc2ccc(C(F)(F)F)cc2)c1. The Labute approximate surface area is 114 Å². The summed E-state index contributed by atoms with van der Waals surface area (Å²) in [4.78, 5) is 0. The minimum Gasteiger partial charge on any atom is -0.508 e. The van der Waals surface area contributed by atoms with Crippen molar-refractivity contribution in [2.45, 2.75) is 19.6 Å². The molecule has 0 spiro atoms. The summed E-state index contributed by atoms with van der Waals surface area (Å²) in [7, 11) is 0. The summed E-state index contributed by atoms with van der Waals surface area (Å²) in [5, 5.41) is 12.7. The van der Waals surface area contributed by atoms with Gasteiger partial charge in [-0.3, -0.25) is 0 Å². The molecule has 0 fully saturated rings. The summed E-state index contributed by atoms with van der Waals surface area (Å²) < 4.78 is 37.2. The van der Waals surface area contributed by atoms with Gasteiger partial charge in [-0.25, -0.2) is 0 Å². The van der Waals surface area contributed by atoms with Gasteiger partial charge in [-0.15, -0.1) is 0 Å². The number of alkyl halides is 3. The molecule has 0 saturated heterocycles. The van der Waals surface area contributed by atoms with Gasteiger partial charge in [0, 0.05) is 17.8 Å². The number of aryl methyl sites for hydroxylation is 1. The van der Waals surface area contributed by atoms with E-state index in [9.17, 15) is 18.3 Å². The van der Waals surface area contributed by atoms with Crippen molar-refractivity contribution in [2.24, 2.45) is 0 Å². The molecule has 0 heterocycles. The van der Waals surface area contributed by atoms with Gasteiger partial charge < -0.3 is 10.4 Å². The second-order valence-electron chi connectivity index (χ2n) is 4.56. The quantitative estimate of drug-likeness (QED) is 0.877. The maximum Gasteiger partial charge on any atom is 0.416 e. The average molecular weight is 281 g/mol. The molecule has 0 aliphatic heterocycles. The van der Waals surface area contributed by atoms with Crippen LogP contribution in [0.25, 0.3) is 0 Å². The van der Waals surface area contributed by atoms with Gasteiger partial charge in [-0.1, -0.05) is 17.7 Å². The largest absolute Gasteiger partial charge is 0.508 e. The molecular formula is C15H14F3NO. The zero-order valence-electron chi connectivity index (χ0n) is 10.8. The Morgan fingerprint density at radius 1 is 1.05 bits per heavy atom. The Hall–Kier alpha value is -2.17. The van der Waals surface area contributed by atoms with E-state index in [1.54, 1.807) is 12.1 Å². The van der Waals surface area contributed by atoms with Gasteiger partial charge in [-0.05, 0) is 37.3 Å². The summed E-state index contributed by atoms with van der Waals surface area (Å²) in [5.74, 6) is 0.162. The molecule has 2 aromatic carbocycles. The Morgan fingerprint density at radius 2 is 1.70 bits per heavy atom. The van der Waals surface area contributed by atoms with Gasteiger partial charge in [-0.2, -0.15) is 13.2 Å². The molecule has 2 N–H and O–H groups in total. The van der Waals surface area contributed by atoms with E-state index in [1.165, 1.54) is 12.1 Å². The highest BCUT2D eigenvalue weighted by atomic mass is 19.4. The molecule has 2 rings (SSSR count). The van der Waals surface area contributed by atoms with Crippen molar-refractivity contribution in [1.82, 2.24) is 0 Å². The van der Waals surface area contributed by atoms with Gasteiger partial charge in [0.05, 0.1) is 5.56 Å². The second kappa shape index (κ2) is 5.45. The Kier molecular flexibility index (Phi) is 3.88. The number of aromatic hydroxyl groups is 1. The van der Waals surface area contributed by atoms with Crippen LogP contribution in [0.4, 0.5) is 18.9 Å². The molecule has 106 valence electrons. The first-order valence-electron chi connectivity index (χ1n) is 6.06. The maximum absolute atomic E-state index is 12.4. The number of phenolic OH excluding ortho intramolecular Hbond substituents is 1. The van der Waals surface area contributed by atoms with Crippen molar-refractivity contribution in [2.75, 3.05) is 5.32 Å². The summed E-state index contributed by atoms with van der Waals surface area (Å²) in [6.07, 6.45) is -4.33. The standard InChI is InChI=1S/C15H14F3NO/c1-10-2-7-14(20)11(8-10)9-19-13-5-3-12(4-6-13)15(16,17)18/h2-8,19-20H,9H2,1H3. The van der Waals surface area contributed by atoms with E-state index in [0.29, 0.717) is 17.8 Å². The van der Waals surface area contributed by atoms with Crippen LogP contribution in [0.1, 0.15) is 16.7 Å². The molecule has 20 heavy (non-hydrogen) atoms. The number of hydrogen-bond acceptors (Lipinski definition) is 2. The monoisotopic (exact) mass is 281 g/mol. The van der Waals surface area contributed by atoms with Crippen molar-refractivity contribution in [3.63, 3.8) is 0 Å². The van der Waals surface area contributed by atoms with Crippen molar-refractivity contribution in [1.29, 1.82) is 0 Å². The molecule has 2 aromatic rings. The highest BCUT2D eigenvalue weighted by Crippen LogP contribution is 2.30. The van der Waals surface area contributed by atoms with E-state index in [0.717, 1.165) is 17.7 Å². The van der Waals surface area contributed by atoms with Crippen LogP contribution in [0.5, 0.6) is 5.75 Å². The highest BCUT2D eigenvalue weighted by molar-refractivity contribution is 5.47. The molecule has 0 aromatic heterocycles. The third kappa shape index (κ3) is 3.44. The van der Waals surface area contributed by atoms with E-state index in [2.05, 4.69) is 5.32 Å². The number of rotatable bonds is 3. The summed E-state index contributed by atoms with van der Waals surface area (Å²) in [6.45, 7) is 2.25. The predicted molar refractivity (Wildman–Crippen MR) is 71.6 cm³/mol. The van der Waals surface area contributed by atoms with Gasteiger partial charge in [0.15, 0.2) is 0 Å². The van der Waals surface area contributed by atoms with E-state index >= 15 is 0 Å². The van der Waals surface area contributed by atoms with Crippen LogP contribution in [0.2, 0.25) is 0 Å². The molecule has 2 nitrogen and oxygen atoms in total. The van der Waals surface area contributed by atoms with E-state index in [-0.39, 0.29) is 5.75 Å². The molecule has 0 aliphatic carbocycles. The topological polar surface area (TPSA) is 32.3 Å². The van der Waals surface area contributed by atoms with Crippen molar-refractivity contribution in [3.8, 4) is 5.75 Å². The van der Waals surface area contributed by atoms with E-state index < -0.39 is 11.7 Å². The molecule has 0 bridgehead atoms. The summed E-state index contributed by atoms with van der Waals surface area (Å²) in [5.41, 5.74) is 1.59. The van der Waals surface area contributed by atoms with Crippen LogP contribution in [-0.4, -0.2) is 5.11 Å². The van der Waals surface area contributed by atoms with Crippen molar-refractivity contribution < 1.29 is 18.3 Å². The number of anilines is 1. The Balaban J connectivity index is 2.06. The molecule has 0 atom stereocenters. The Bertz CT molecular complexity index is 591. The summed E-state index contributed by atoms with van der Waals surface area (Å²) >= 11 is 0. The molecule has 0 amide bonds. The normalized spacial score (nSPS) is 11.4. The van der Waals surface area contributed by atoms with Crippen molar-refractivity contribution in [3.05, 3.63) is 59.2 Å². The highest BCUT2D eigenvalue weighted by Gasteiger charge is 2.29. The first-order chi connectivity index (χ1) is 9.36. The number of phenols is 1. The van der Waals surface area contributed by atoms with E-state index in [1.807, 2.05) is 13.0 Å². The van der Waals surface area contributed by atoms with Gasteiger partial charge >= 0.3 is 6.18 Å². The molecule has 0 unspecified atom stereocenters. The van der Waals surface area contributed by atoms with Gasteiger partial charge in [0.25, 0.3) is 0 Å². The van der Waals surface area contributed by atoms with Crippen LogP contribution in [-0.2, 0) is 12.7 Å². The first kappa shape index (κ1) is 14.2. The number of halogens is 3. The van der Waals surface area contributed by atoms with Crippen LogP contribution in [0.15, 0.2) is 42.5 Å². The predicted octanol–water partition coefficient (Wildman–Crippen LogP) is 4.33. The molecule has 0 saturated carbocycles. The fraction of sp³-hybridized carbons (Fsp3) is 0.200. The number of hydrogen-bond donors (Lipinski definition) is 2. The second-order valence-corrected chi connectivity index (χ2v) is 4.56. The van der Waals surface area contributed by atoms with Crippen LogP contribution in [0.3, 0.4) is 0 Å². The van der Waals surface area contributed by atoms with E-state index in [4.69, 9.17) is 0 Å². The Morgan fingerprint density at radius 3 is 2.30 bits per heavy atom. The zero-order chi connectivity index (χ0) is 14.8. The molecule has 5 heteroatoms. The van der Waals surface area contributed by atoms with Crippen molar-refractivity contribution >= 4 is 5.69 Å². The van der Waals surface area contributed by atoms with Crippen LogP contribution < -0.4 is 5.32 Å². The lowest BCUT2D eigenvalue weighted by Crippen LogP contribution is -2.05. The van der Waals surface area contributed by atoms with Gasteiger partial charge in [0.1, 0.15) is 5.75 Å². The summed E-state index contributed by atoms with van der Waals surface area (Å²) in [6, 6.07) is 10.0. The lowest BCUT2D eigenvalue weighted by Gasteiger charge is -2.11. The average Bonchev–Trinajstić information content (AvgIpc) is 2.39. The minimum atomic E-state index is -4.33. The minimum absolute atomic E-state index is 0.162. The third-order valence-corrected chi connectivity index (χ3v) is 2.93. The zero-order valence-corrected chi connectivity index (χ0v) is 10.8. The fourth-order valence-electron chi connectivity index (χ4n) is 1.83. The maximum atomic E-state index is 12.4. The lowest BCUT2D eigenvalue weighted by molar-refractivity contribution is -0.137. The number of benzene rings is 2. The number of nitrogens with one attached hydrogen (secondary N) is 1. The molecular weight excluding hydrogens is 267 g/mol. The molecule has 0 radical (unpaired) electrons. The lowest BCUT2D eigenvalue weighted by atomic mass is 10.1.